The summed E-state index contributed by atoms with van der Waals surface area (Å²) in [6, 6.07) is 6.37. The lowest BCUT2D eigenvalue weighted by molar-refractivity contribution is 0.364. The van der Waals surface area contributed by atoms with Gasteiger partial charge in [-0.25, -0.2) is 0 Å². The van der Waals surface area contributed by atoms with Crippen LogP contribution in [0.5, 0.6) is 0 Å². The highest BCUT2D eigenvalue weighted by molar-refractivity contribution is 5.73. The Morgan fingerprint density at radius 2 is 1.94 bits per heavy atom. The summed E-state index contributed by atoms with van der Waals surface area (Å²) in [5.74, 6) is 0. The van der Waals surface area contributed by atoms with E-state index in [1.165, 1.54) is 55.6 Å². The molecule has 1 aromatic rings. The number of anilines is 1. The lowest BCUT2D eigenvalue weighted by atomic mass is 9.86. The minimum Gasteiger partial charge on any atom is -0.399 e. The number of likely N-dealkylation sites (tertiary alicyclic amines) is 1. The highest BCUT2D eigenvalue weighted by atomic mass is 15.1. The third-order valence-corrected chi connectivity index (χ3v) is 4.37. The maximum Gasteiger partial charge on any atom is 0.0317 e. The van der Waals surface area contributed by atoms with Crippen LogP contribution in [0.3, 0.4) is 0 Å². The van der Waals surface area contributed by atoms with Crippen molar-refractivity contribution >= 4 is 11.3 Å². The average Bonchev–Trinajstić information content (AvgIpc) is 2.85. The predicted molar refractivity (Wildman–Crippen MR) is 77.4 cm³/mol. The molecule has 3 rings (SSSR count). The number of benzene rings is 1. The number of nitrogen functional groups attached to an aromatic ring is 1. The average molecular weight is 242 g/mol. The summed E-state index contributed by atoms with van der Waals surface area (Å²) in [5, 5.41) is 0. The third-order valence-electron chi connectivity index (χ3n) is 4.37. The second-order valence-electron chi connectivity index (χ2n) is 5.63. The maximum absolute atomic E-state index is 5.87. The third kappa shape index (κ3) is 2.17. The minimum atomic E-state index is 0.893. The van der Waals surface area contributed by atoms with E-state index in [2.05, 4.69) is 24.0 Å². The summed E-state index contributed by atoms with van der Waals surface area (Å²) >= 11 is 0. The van der Waals surface area contributed by atoms with Crippen LogP contribution < -0.4 is 5.73 Å². The summed E-state index contributed by atoms with van der Waals surface area (Å²) in [4.78, 5) is 2.60. The van der Waals surface area contributed by atoms with E-state index in [0.717, 1.165) is 12.1 Å². The summed E-state index contributed by atoms with van der Waals surface area (Å²) in [6.07, 6.45) is 5.11. The monoisotopic (exact) mass is 242 g/mol. The lowest BCUT2D eigenvalue weighted by Crippen LogP contribution is -2.23. The molecule has 0 spiro atoms. The van der Waals surface area contributed by atoms with Gasteiger partial charge in [-0.2, -0.15) is 0 Å². The fraction of sp³-hybridized carbons (Fsp3) is 0.500. The van der Waals surface area contributed by atoms with Crippen molar-refractivity contribution in [1.29, 1.82) is 0 Å². The Kier molecular flexibility index (Phi) is 3.13. The Balaban J connectivity index is 1.86. The molecule has 0 saturated carbocycles. The zero-order valence-electron chi connectivity index (χ0n) is 11.2. The smallest absolute Gasteiger partial charge is 0.0317 e. The molecular formula is C16H22N2. The van der Waals surface area contributed by atoms with Crippen LogP contribution >= 0.6 is 0 Å². The van der Waals surface area contributed by atoms with Gasteiger partial charge in [0.2, 0.25) is 0 Å². The van der Waals surface area contributed by atoms with Gasteiger partial charge in [0, 0.05) is 12.2 Å². The fourth-order valence-electron chi connectivity index (χ4n) is 3.26. The highest BCUT2D eigenvalue weighted by Crippen LogP contribution is 2.32. The molecule has 0 atom stereocenters. The van der Waals surface area contributed by atoms with Crippen LogP contribution in [-0.2, 0) is 6.42 Å². The van der Waals surface area contributed by atoms with Crippen LogP contribution in [0, 0.1) is 0 Å². The molecule has 1 aliphatic heterocycles. The molecule has 1 saturated heterocycles. The molecule has 2 aliphatic rings. The van der Waals surface area contributed by atoms with Crippen molar-refractivity contribution in [2.45, 2.75) is 32.6 Å². The molecule has 0 bridgehead atoms. The number of hydrogen-bond acceptors (Lipinski definition) is 2. The van der Waals surface area contributed by atoms with Crippen molar-refractivity contribution in [1.82, 2.24) is 4.90 Å². The number of aryl methyl sites for hydroxylation is 1. The first-order valence-electron chi connectivity index (χ1n) is 7.04. The van der Waals surface area contributed by atoms with Gasteiger partial charge in [-0.05, 0) is 74.5 Å². The van der Waals surface area contributed by atoms with Gasteiger partial charge in [0.1, 0.15) is 0 Å². The molecule has 2 N–H and O–H groups in total. The molecule has 0 radical (unpaired) electrons. The van der Waals surface area contributed by atoms with Gasteiger partial charge in [0.05, 0.1) is 0 Å². The van der Waals surface area contributed by atoms with Crippen molar-refractivity contribution in [3.05, 3.63) is 34.9 Å². The summed E-state index contributed by atoms with van der Waals surface area (Å²) in [6.45, 7) is 6.02. The maximum atomic E-state index is 5.87. The predicted octanol–water partition coefficient (Wildman–Crippen LogP) is 3.08. The Hall–Kier alpha value is -1.28. The number of nitrogens with zero attached hydrogens (tertiary/aromatic N) is 1. The molecule has 96 valence electrons. The van der Waals surface area contributed by atoms with E-state index in [1.54, 1.807) is 5.57 Å². The number of rotatable bonds is 2. The van der Waals surface area contributed by atoms with E-state index in [0.29, 0.717) is 0 Å². The van der Waals surface area contributed by atoms with Crippen LogP contribution in [0.25, 0.3) is 5.57 Å². The van der Waals surface area contributed by atoms with Crippen molar-refractivity contribution in [2.24, 2.45) is 0 Å². The molecule has 1 aliphatic carbocycles. The van der Waals surface area contributed by atoms with Gasteiger partial charge in [-0.15, -0.1) is 0 Å². The zero-order chi connectivity index (χ0) is 12.5. The number of hydrogen-bond donors (Lipinski definition) is 1. The van der Waals surface area contributed by atoms with E-state index in [4.69, 9.17) is 5.73 Å². The molecular weight excluding hydrogens is 220 g/mol. The second-order valence-corrected chi connectivity index (χ2v) is 5.63. The van der Waals surface area contributed by atoms with Gasteiger partial charge < -0.3 is 5.73 Å². The molecule has 1 aromatic carbocycles. The number of fused-ring (bicyclic) bond motifs is 1. The summed E-state index contributed by atoms with van der Waals surface area (Å²) < 4.78 is 0. The topological polar surface area (TPSA) is 29.3 Å². The van der Waals surface area contributed by atoms with Crippen molar-refractivity contribution in [3.63, 3.8) is 0 Å². The molecule has 18 heavy (non-hydrogen) atoms. The number of allylic oxidation sites excluding steroid dienone is 1. The van der Waals surface area contributed by atoms with Crippen LogP contribution in [0.2, 0.25) is 0 Å². The van der Waals surface area contributed by atoms with Gasteiger partial charge in [-0.1, -0.05) is 11.6 Å². The normalized spacial score (nSPS) is 20.3. The van der Waals surface area contributed by atoms with Crippen molar-refractivity contribution in [3.8, 4) is 0 Å². The molecule has 0 unspecified atom stereocenters. The molecule has 0 amide bonds. The van der Waals surface area contributed by atoms with Gasteiger partial charge in [0.15, 0.2) is 0 Å². The highest BCUT2D eigenvalue weighted by Gasteiger charge is 2.19. The Bertz CT molecular complexity index is 482. The van der Waals surface area contributed by atoms with Gasteiger partial charge in [0.25, 0.3) is 0 Å². The fourth-order valence-corrected chi connectivity index (χ4v) is 3.26. The van der Waals surface area contributed by atoms with E-state index >= 15 is 0 Å². The summed E-state index contributed by atoms with van der Waals surface area (Å²) in [7, 11) is 0. The molecule has 2 nitrogen and oxygen atoms in total. The zero-order valence-corrected chi connectivity index (χ0v) is 11.2. The van der Waals surface area contributed by atoms with E-state index in [9.17, 15) is 0 Å². The van der Waals surface area contributed by atoms with Crippen molar-refractivity contribution in [2.75, 3.05) is 25.4 Å². The Morgan fingerprint density at radius 3 is 2.72 bits per heavy atom. The van der Waals surface area contributed by atoms with Crippen LogP contribution in [0.15, 0.2) is 23.8 Å². The first-order valence-corrected chi connectivity index (χ1v) is 7.04. The molecule has 1 fully saturated rings. The molecule has 2 heteroatoms. The first-order chi connectivity index (χ1) is 8.74. The first kappa shape index (κ1) is 11.8. The van der Waals surface area contributed by atoms with Crippen LogP contribution in [0.1, 0.15) is 37.3 Å². The van der Waals surface area contributed by atoms with Gasteiger partial charge in [-0.3, -0.25) is 4.90 Å². The molecule has 0 aromatic heterocycles. The largest absolute Gasteiger partial charge is 0.399 e. The Morgan fingerprint density at radius 1 is 1.17 bits per heavy atom. The van der Waals surface area contributed by atoms with Gasteiger partial charge >= 0.3 is 0 Å². The van der Waals surface area contributed by atoms with Crippen LogP contribution in [-0.4, -0.2) is 24.5 Å². The van der Waals surface area contributed by atoms with Crippen molar-refractivity contribution < 1.29 is 0 Å². The minimum absolute atomic E-state index is 0.893. The van der Waals surface area contributed by atoms with E-state index < -0.39 is 0 Å². The SMILES string of the molecule is CC1=C(CN2CCCC2)CCc2cc(N)ccc21. The standard InChI is InChI=1S/C16H22N2/c1-12-14(11-18-8-2-3-9-18)5-4-13-10-15(17)6-7-16(12)13/h6-7,10H,2-5,8-9,11,17H2,1H3. The molecule has 1 heterocycles. The van der Waals surface area contributed by atoms with E-state index in [1.807, 2.05) is 6.07 Å². The van der Waals surface area contributed by atoms with E-state index in [-0.39, 0.29) is 0 Å². The Labute approximate surface area is 109 Å². The van der Waals surface area contributed by atoms with Crippen LogP contribution in [0.4, 0.5) is 5.69 Å². The second kappa shape index (κ2) is 4.77. The quantitative estimate of drug-likeness (QED) is 0.808. The summed E-state index contributed by atoms with van der Waals surface area (Å²) in [5.41, 5.74) is 12.7. The number of nitrogens with two attached hydrogens (primary N) is 1. The lowest BCUT2D eigenvalue weighted by Gasteiger charge is -2.25.